The third-order valence-corrected chi connectivity index (χ3v) is 3.46. The highest BCUT2D eigenvalue weighted by atomic mass is 28.4. The molecule has 0 N–H and O–H groups in total. The minimum atomic E-state index is -2.90. The number of hydrogen-bond donors (Lipinski definition) is 0. The quantitative estimate of drug-likeness (QED) is 0.524. The van der Waals surface area contributed by atoms with Crippen LogP contribution >= 0.6 is 0 Å². The van der Waals surface area contributed by atoms with Gasteiger partial charge in [0.15, 0.2) is 0 Å². The van der Waals surface area contributed by atoms with Crippen LogP contribution in [0.15, 0.2) is 12.3 Å². The molecule has 0 aromatic rings. The normalized spacial score (nSPS) is 13.6. The summed E-state index contributed by atoms with van der Waals surface area (Å²) in [5, 5.41) is 0. The fourth-order valence-corrected chi connectivity index (χ4v) is 1.74. The first-order valence-corrected chi connectivity index (χ1v) is 6.03. The fraction of sp³-hybridized carbons (Fsp3) is 0.778. The van der Waals surface area contributed by atoms with Crippen molar-refractivity contribution in [2.24, 2.45) is 5.41 Å². The Kier molecular flexibility index (Phi) is 5.36. The molecule has 0 aromatic heterocycles. The molecule has 0 radical (unpaired) electrons. The largest absolute Gasteiger partial charge is 0.748 e. The topological polar surface area (TPSA) is 36.9 Å². The summed E-state index contributed by atoms with van der Waals surface area (Å²) in [5.41, 5.74) is 0.0648. The van der Waals surface area contributed by atoms with E-state index in [-0.39, 0.29) is 5.41 Å². The predicted molar refractivity (Wildman–Crippen MR) is 56.5 cm³/mol. The third-order valence-electron chi connectivity index (χ3n) is 1.53. The maximum atomic E-state index is 5.34. The van der Waals surface area contributed by atoms with Crippen LogP contribution in [0.3, 0.4) is 0 Å². The first kappa shape index (κ1) is 13.6. The van der Waals surface area contributed by atoms with Crippen LogP contribution in [-0.2, 0) is 17.7 Å². The molecule has 4 nitrogen and oxygen atoms in total. The van der Waals surface area contributed by atoms with Crippen LogP contribution in [0.2, 0.25) is 0 Å². The molecule has 0 aliphatic rings. The summed E-state index contributed by atoms with van der Waals surface area (Å²) >= 11 is 0. The van der Waals surface area contributed by atoms with E-state index < -0.39 is 9.05 Å². The van der Waals surface area contributed by atoms with E-state index in [0.717, 1.165) is 0 Å². The average molecular weight is 220 g/mol. The van der Waals surface area contributed by atoms with Crippen LogP contribution in [0.1, 0.15) is 20.8 Å². The van der Waals surface area contributed by atoms with E-state index in [0.29, 0.717) is 0 Å². The fourth-order valence-electron chi connectivity index (χ4n) is 0.716. The van der Waals surface area contributed by atoms with E-state index in [1.807, 2.05) is 6.08 Å². The summed E-state index contributed by atoms with van der Waals surface area (Å²) < 4.78 is 20.6. The molecular weight excluding hydrogens is 200 g/mol. The van der Waals surface area contributed by atoms with Crippen molar-refractivity contribution < 1.29 is 17.7 Å². The maximum absolute atomic E-state index is 5.34. The van der Waals surface area contributed by atoms with Crippen molar-refractivity contribution in [3.8, 4) is 0 Å². The molecule has 0 fully saturated rings. The lowest BCUT2D eigenvalue weighted by atomic mass is 9.98. The Morgan fingerprint density at radius 3 is 1.64 bits per heavy atom. The van der Waals surface area contributed by atoms with E-state index in [9.17, 15) is 0 Å². The van der Waals surface area contributed by atoms with Gasteiger partial charge >= 0.3 is 9.05 Å². The highest BCUT2D eigenvalue weighted by Gasteiger charge is 2.43. The van der Waals surface area contributed by atoms with Crippen molar-refractivity contribution in [2.45, 2.75) is 20.8 Å². The van der Waals surface area contributed by atoms with Crippen LogP contribution in [-0.4, -0.2) is 30.4 Å². The van der Waals surface area contributed by atoms with Gasteiger partial charge in [-0.3, -0.25) is 0 Å². The molecule has 0 amide bonds. The lowest BCUT2D eigenvalue weighted by molar-refractivity contribution is 0.0345. The lowest BCUT2D eigenvalue weighted by Crippen LogP contribution is -2.45. The first-order chi connectivity index (χ1) is 6.39. The summed E-state index contributed by atoms with van der Waals surface area (Å²) in [6.45, 7) is 6.22. The van der Waals surface area contributed by atoms with Gasteiger partial charge in [0, 0.05) is 21.3 Å². The van der Waals surface area contributed by atoms with E-state index >= 15 is 0 Å². The Labute approximate surface area is 87.3 Å². The summed E-state index contributed by atoms with van der Waals surface area (Å²) in [6.07, 6.45) is 3.49. The van der Waals surface area contributed by atoms with Crippen molar-refractivity contribution in [1.82, 2.24) is 0 Å². The van der Waals surface area contributed by atoms with E-state index in [2.05, 4.69) is 20.8 Å². The molecule has 0 rings (SSSR count). The van der Waals surface area contributed by atoms with E-state index in [1.165, 1.54) is 21.3 Å². The summed E-state index contributed by atoms with van der Waals surface area (Å²) in [6, 6.07) is 0. The smallest absolute Gasteiger partial charge is 0.487 e. The maximum Gasteiger partial charge on any atom is 0.748 e. The molecule has 0 aliphatic carbocycles. The highest BCUT2D eigenvalue weighted by molar-refractivity contribution is 6.53. The summed E-state index contributed by atoms with van der Waals surface area (Å²) in [5.74, 6) is 0. The predicted octanol–water partition coefficient (Wildman–Crippen LogP) is 1.94. The average Bonchev–Trinajstić information content (AvgIpc) is 2.11. The van der Waals surface area contributed by atoms with E-state index in [4.69, 9.17) is 17.7 Å². The monoisotopic (exact) mass is 220 g/mol. The van der Waals surface area contributed by atoms with Crippen LogP contribution in [0.4, 0.5) is 0 Å². The Morgan fingerprint density at radius 2 is 1.36 bits per heavy atom. The second kappa shape index (κ2) is 5.50. The SMILES string of the molecule is CO[Si](OC)(OC)OC=CC(C)(C)C. The zero-order valence-corrected chi connectivity index (χ0v) is 10.8. The number of allylic oxidation sites excluding steroid dienone is 1. The zero-order valence-electron chi connectivity index (χ0n) is 9.79. The minimum Gasteiger partial charge on any atom is -0.487 e. The molecule has 84 valence electrons. The van der Waals surface area contributed by atoms with Crippen molar-refractivity contribution in [2.75, 3.05) is 21.3 Å². The first-order valence-electron chi connectivity index (χ1n) is 4.40. The Balaban J connectivity index is 4.26. The molecule has 5 heteroatoms. The standard InChI is InChI=1S/C9H20O4Si/c1-9(2,3)7-8-13-14(10-4,11-5)12-6/h7-8H,1-6H3. The highest BCUT2D eigenvalue weighted by Crippen LogP contribution is 2.16. The van der Waals surface area contributed by atoms with Gasteiger partial charge in [0.05, 0.1) is 6.26 Å². The number of rotatable bonds is 5. The molecule has 0 heterocycles. The molecule has 0 aromatic carbocycles. The van der Waals surface area contributed by atoms with Crippen molar-refractivity contribution >= 4 is 9.05 Å². The van der Waals surface area contributed by atoms with Gasteiger partial charge in [-0.25, -0.2) is 0 Å². The Morgan fingerprint density at radius 1 is 0.929 bits per heavy atom. The molecule has 0 bridgehead atoms. The lowest BCUT2D eigenvalue weighted by Gasteiger charge is -2.22. The van der Waals surface area contributed by atoms with Crippen molar-refractivity contribution in [1.29, 1.82) is 0 Å². The van der Waals surface area contributed by atoms with Crippen LogP contribution < -0.4 is 0 Å². The Hall–Kier alpha value is -0.363. The molecular formula is C9H20O4Si. The van der Waals surface area contributed by atoms with Gasteiger partial charge in [0.1, 0.15) is 0 Å². The van der Waals surface area contributed by atoms with Gasteiger partial charge in [-0.05, 0) is 11.5 Å². The van der Waals surface area contributed by atoms with Gasteiger partial charge in [0.2, 0.25) is 0 Å². The summed E-state index contributed by atoms with van der Waals surface area (Å²) in [7, 11) is 1.61. The van der Waals surface area contributed by atoms with E-state index in [1.54, 1.807) is 6.26 Å². The second-order valence-corrected chi connectivity index (χ2v) is 6.36. The number of hydrogen-bond acceptors (Lipinski definition) is 4. The van der Waals surface area contributed by atoms with Crippen LogP contribution in [0.5, 0.6) is 0 Å². The summed E-state index contributed by atoms with van der Waals surface area (Å²) in [4.78, 5) is 0. The molecule has 0 unspecified atom stereocenters. The molecule has 0 saturated carbocycles. The van der Waals surface area contributed by atoms with Gasteiger partial charge in [-0.15, -0.1) is 0 Å². The minimum absolute atomic E-state index is 0.0648. The zero-order chi connectivity index (χ0) is 11.2. The van der Waals surface area contributed by atoms with Crippen molar-refractivity contribution in [3.63, 3.8) is 0 Å². The molecule has 0 spiro atoms. The van der Waals surface area contributed by atoms with Crippen molar-refractivity contribution in [3.05, 3.63) is 12.3 Å². The van der Waals surface area contributed by atoms with Gasteiger partial charge in [0.25, 0.3) is 0 Å². The third kappa shape index (κ3) is 4.76. The Bertz CT molecular complexity index is 173. The van der Waals surface area contributed by atoms with Gasteiger partial charge < -0.3 is 17.7 Å². The molecule has 0 saturated heterocycles. The van der Waals surface area contributed by atoms with Gasteiger partial charge in [-0.1, -0.05) is 20.8 Å². The van der Waals surface area contributed by atoms with Crippen LogP contribution in [0, 0.1) is 5.41 Å². The molecule has 0 atom stereocenters. The molecule has 14 heavy (non-hydrogen) atoms. The van der Waals surface area contributed by atoms with Gasteiger partial charge in [-0.2, -0.15) is 0 Å². The molecule has 0 aliphatic heterocycles. The van der Waals surface area contributed by atoms with Crippen LogP contribution in [0.25, 0.3) is 0 Å². The second-order valence-electron chi connectivity index (χ2n) is 3.90.